The normalized spacial score (nSPS) is 11.9. The molecule has 0 spiro atoms. The van der Waals surface area contributed by atoms with Gasteiger partial charge in [-0.2, -0.15) is 5.10 Å². The fourth-order valence-corrected chi connectivity index (χ4v) is 5.82. The van der Waals surface area contributed by atoms with Crippen LogP contribution in [0.15, 0.2) is 66.9 Å². The summed E-state index contributed by atoms with van der Waals surface area (Å²) in [6, 6.07) is 18.5. The molecule has 3 unspecified atom stereocenters. The van der Waals surface area contributed by atoms with Gasteiger partial charge in [0.1, 0.15) is 29.0 Å². The Kier molecular flexibility index (Phi) is 8.83. The molecule has 0 aliphatic heterocycles. The van der Waals surface area contributed by atoms with Gasteiger partial charge in [0.05, 0.1) is 28.8 Å². The van der Waals surface area contributed by atoms with Crippen LogP contribution in [0.2, 0.25) is 0 Å². The Labute approximate surface area is 246 Å². The van der Waals surface area contributed by atoms with E-state index in [4.69, 9.17) is 4.74 Å². The number of nitrogens with one attached hydrogen (secondary N) is 3. The lowest BCUT2D eigenvalue weighted by Gasteiger charge is -2.13. The van der Waals surface area contributed by atoms with Crippen LogP contribution in [-0.2, 0) is 0 Å². The maximum atomic E-state index is 13.6. The number of carbonyl (C=O) groups excluding carboxylic acids is 1. The number of fused-ring (bicyclic) bond motifs is 1. The Morgan fingerprint density at radius 1 is 1.22 bits per heavy atom. The lowest BCUT2D eigenvalue weighted by atomic mass is 10.1. The average Bonchev–Trinajstić information content (AvgIpc) is 3.56. The van der Waals surface area contributed by atoms with Gasteiger partial charge < -0.3 is 24.9 Å². The van der Waals surface area contributed by atoms with Crippen LogP contribution in [0.25, 0.3) is 16.6 Å². The molecule has 0 amide bonds. The Balaban J connectivity index is 1.38. The number of alkyl halides is 1. The first-order valence-electron chi connectivity index (χ1n) is 12.8. The van der Waals surface area contributed by atoms with E-state index in [0.717, 1.165) is 22.3 Å². The fourth-order valence-electron chi connectivity index (χ4n) is 4.39. The van der Waals surface area contributed by atoms with Crippen LogP contribution in [-0.4, -0.2) is 44.4 Å². The van der Waals surface area contributed by atoms with Crippen molar-refractivity contribution >= 4 is 63.9 Å². The number of nitrogens with zero attached hydrogens (tertiary/aromatic N) is 2. The summed E-state index contributed by atoms with van der Waals surface area (Å²) in [6.07, 6.45) is 1.91. The molecule has 8 nitrogen and oxygen atoms in total. The fraction of sp³-hybridized carbons (Fsp3) is 0.172. The van der Waals surface area contributed by atoms with Crippen molar-refractivity contribution in [3.63, 3.8) is 0 Å². The highest BCUT2D eigenvalue weighted by molar-refractivity contribution is 8.00. The van der Waals surface area contributed by atoms with Gasteiger partial charge in [-0.25, -0.2) is 9.07 Å². The first kappa shape index (κ1) is 28.9. The number of hydrogen-bond acceptors (Lipinski definition) is 7. The van der Waals surface area contributed by atoms with Gasteiger partial charge in [0.2, 0.25) is 5.78 Å². The highest BCUT2D eigenvalue weighted by atomic mass is 32.2. The van der Waals surface area contributed by atoms with Gasteiger partial charge in [-0.1, -0.05) is 30.1 Å². The molecule has 3 atom stereocenters. The summed E-state index contributed by atoms with van der Waals surface area (Å²) in [5, 5.41) is 19.7. The molecule has 212 valence electrons. The van der Waals surface area contributed by atoms with Crippen molar-refractivity contribution in [1.82, 2.24) is 14.8 Å². The van der Waals surface area contributed by atoms with E-state index in [2.05, 4.69) is 38.6 Å². The summed E-state index contributed by atoms with van der Waals surface area (Å²) in [7, 11) is 6.53. The molecule has 0 radical (unpaired) electrons. The zero-order valence-corrected chi connectivity index (χ0v) is 25.6. The number of aryl methyl sites for hydroxylation is 1. The van der Waals surface area contributed by atoms with Gasteiger partial charge in [-0.05, 0) is 61.4 Å². The summed E-state index contributed by atoms with van der Waals surface area (Å²) in [5.41, 5.74) is 3.64. The number of anilines is 2. The molecule has 12 heteroatoms. The van der Waals surface area contributed by atoms with Crippen LogP contribution in [0.1, 0.15) is 28.0 Å². The van der Waals surface area contributed by atoms with E-state index < -0.39 is 5.91 Å². The minimum atomic E-state index is -0.968. The topological polar surface area (TPSA) is 104 Å². The summed E-state index contributed by atoms with van der Waals surface area (Å²) in [6.45, 7) is 1.96. The summed E-state index contributed by atoms with van der Waals surface area (Å²) in [4.78, 5) is 16.8. The molecule has 4 N–H and O–H groups in total. The standard InChI is InChI=1S/C29H30FN5O3P2S/c1-16-11-18(38-25-5-3-4-6-26(25)39)7-8-23(16)35-29(31-2)19(15-32-35)28(37)22-12-17-13-24(36)21(14-20(17)33-22)34-41-10-9-27(30)40/h3-8,11-15,27,31,33-34,36H,9-10,39-40H2,1-2H3. The molecular weight excluding hydrogens is 579 g/mol. The quantitative estimate of drug-likeness (QED) is 0.0443. The number of para-hydroxylation sites is 1. The van der Waals surface area contributed by atoms with Crippen LogP contribution < -0.4 is 20.1 Å². The van der Waals surface area contributed by atoms with Crippen LogP contribution >= 0.6 is 30.4 Å². The number of benzene rings is 3. The number of aromatic amines is 1. The van der Waals surface area contributed by atoms with E-state index in [0.29, 0.717) is 51.6 Å². The molecule has 2 heterocycles. The highest BCUT2D eigenvalue weighted by Gasteiger charge is 2.22. The predicted molar refractivity (Wildman–Crippen MR) is 172 cm³/mol. The molecule has 5 aromatic rings. The molecule has 3 aromatic carbocycles. The highest BCUT2D eigenvalue weighted by Crippen LogP contribution is 2.33. The monoisotopic (exact) mass is 609 g/mol. The summed E-state index contributed by atoms with van der Waals surface area (Å²) >= 11 is 1.30. The lowest BCUT2D eigenvalue weighted by molar-refractivity contribution is 0.103. The maximum Gasteiger partial charge on any atom is 0.214 e. The summed E-state index contributed by atoms with van der Waals surface area (Å²) < 4.78 is 23.8. The molecule has 41 heavy (non-hydrogen) atoms. The number of phenols is 1. The van der Waals surface area contributed by atoms with Gasteiger partial charge in [-0.3, -0.25) is 4.79 Å². The van der Waals surface area contributed by atoms with Crippen molar-refractivity contribution in [3.8, 4) is 22.9 Å². The van der Waals surface area contributed by atoms with E-state index in [1.54, 1.807) is 36.1 Å². The second kappa shape index (κ2) is 12.5. The molecule has 0 saturated carbocycles. The third-order valence-corrected chi connectivity index (χ3v) is 8.07. The molecule has 0 aliphatic rings. The minimum Gasteiger partial charge on any atom is -0.506 e. The van der Waals surface area contributed by atoms with Crippen LogP contribution in [0.3, 0.4) is 0 Å². The number of carbonyl (C=O) groups is 1. The third-order valence-electron chi connectivity index (χ3n) is 6.45. The molecule has 0 bridgehead atoms. The van der Waals surface area contributed by atoms with E-state index in [1.807, 2.05) is 49.4 Å². The van der Waals surface area contributed by atoms with Crippen molar-refractivity contribution < 1.29 is 19.0 Å². The SMILES string of the molecule is CNc1c(C(=O)c2cc3cc(O)c(NSCCC(F)P)cc3[nH]2)cnn1-c1ccc(Oc2ccccc2P)cc1C. The van der Waals surface area contributed by atoms with Crippen LogP contribution in [0, 0.1) is 6.92 Å². The number of H-pyrrole nitrogens is 1. The molecule has 0 saturated heterocycles. The Bertz CT molecular complexity index is 1720. The minimum absolute atomic E-state index is 0.0403. The molecule has 0 fully saturated rings. The smallest absolute Gasteiger partial charge is 0.214 e. The van der Waals surface area contributed by atoms with Gasteiger partial charge in [0, 0.05) is 29.0 Å². The number of rotatable bonds is 11. The molecular formula is C29H30FN5O3P2S. The zero-order chi connectivity index (χ0) is 29.1. The number of hydrogen-bond donors (Lipinski definition) is 4. The lowest BCUT2D eigenvalue weighted by Crippen LogP contribution is -2.08. The third kappa shape index (κ3) is 6.35. The number of halogens is 1. The molecule has 2 aromatic heterocycles. The Morgan fingerprint density at radius 3 is 2.76 bits per heavy atom. The van der Waals surface area contributed by atoms with Crippen molar-refractivity contribution in [3.05, 3.63) is 83.7 Å². The maximum absolute atomic E-state index is 13.6. The van der Waals surface area contributed by atoms with E-state index in [-0.39, 0.29) is 11.5 Å². The molecule has 5 rings (SSSR count). The van der Waals surface area contributed by atoms with Crippen LogP contribution in [0.4, 0.5) is 15.9 Å². The zero-order valence-electron chi connectivity index (χ0n) is 22.4. The van der Waals surface area contributed by atoms with Gasteiger partial charge >= 0.3 is 0 Å². The largest absolute Gasteiger partial charge is 0.506 e. The first-order valence-corrected chi connectivity index (χ1v) is 15.0. The van der Waals surface area contributed by atoms with Gasteiger partial charge in [0.15, 0.2) is 0 Å². The summed E-state index contributed by atoms with van der Waals surface area (Å²) in [5.74, 6) is 1.36. The van der Waals surface area contributed by atoms with Crippen molar-refractivity contribution in [2.24, 2.45) is 0 Å². The van der Waals surface area contributed by atoms with Crippen molar-refractivity contribution in [1.29, 1.82) is 0 Å². The van der Waals surface area contributed by atoms with Crippen LogP contribution in [0.5, 0.6) is 17.2 Å². The second-order valence-corrected chi connectivity index (χ2v) is 11.6. The van der Waals surface area contributed by atoms with Crippen molar-refractivity contribution in [2.75, 3.05) is 22.8 Å². The van der Waals surface area contributed by atoms with Gasteiger partial charge in [-0.15, -0.1) is 18.5 Å². The van der Waals surface area contributed by atoms with E-state index >= 15 is 0 Å². The first-order chi connectivity index (χ1) is 19.7. The number of phenolic OH excluding ortho intramolecular Hbond substituents is 1. The Morgan fingerprint density at radius 2 is 2.02 bits per heavy atom. The number of aromatic nitrogens is 3. The van der Waals surface area contributed by atoms with E-state index in [1.165, 1.54) is 11.9 Å². The van der Waals surface area contributed by atoms with Crippen molar-refractivity contribution in [2.45, 2.75) is 19.3 Å². The van der Waals surface area contributed by atoms with E-state index in [9.17, 15) is 14.3 Å². The second-order valence-electron chi connectivity index (χ2n) is 9.38. The molecule has 0 aliphatic carbocycles. The Hall–Kier alpha value is -3.58. The average molecular weight is 610 g/mol. The van der Waals surface area contributed by atoms with Gasteiger partial charge in [0.25, 0.3) is 0 Å². The number of aromatic hydroxyl groups is 1. The number of ether oxygens (including phenoxy) is 1. The predicted octanol–water partition coefficient (Wildman–Crippen LogP) is 6.55. The number of ketones is 1.